The molecule has 27 heavy (non-hydrogen) atoms. The van der Waals surface area contributed by atoms with Gasteiger partial charge in [0.25, 0.3) is 0 Å². The summed E-state index contributed by atoms with van der Waals surface area (Å²) in [6.07, 6.45) is 16.6. The van der Waals surface area contributed by atoms with Gasteiger partial charge in [-0.1, -0.05) is 96.3 Å². The predicted octanol–water partition coefficient (Wildman–Crippen LogP) is 7.80. The summed E-state index contributed by atoms with van der Waals surface area (Å²) in [6, 6.07) is 10.1. The molecule has 0 spiro atoms. The molecule has 0 fully saturated rings. The molecule has 0 bridgehead atoms. The molecular formula is C24H40O2S. The van der Waals surface area contributed by atoms with Crippen molar-refractivity contribution < 1.29 is 9.53 Å². The minimum absolute atomic E-state index is 0.0746. The molecule has 2 nitrogen and oxygen atoms in total. The van der Waals surface area contributed by atoms with E-state index in [1.807, 2.05) is 30.3 Å². The van der Waals surface area contributed by atoms with E-state index in [2.05, 4.69) is 13.8 Å². The third-order valence-electron chi connectivity index (χ3n) is 4.89. The van der Waals surface area contributed by atoms with Gasteiger partial charge in [0.05, 0.1) is 5.75 Å². The van der Waals surface area contributed by atoms with E-state index in [0.717, 1.165) is 24.2 Å². The fourth-order valence-corrected chi connectivity index (χ4v) is 4.02. The van der Waals surface area contributed by atoms with E-state index in [1.165, 1.54) is 64.2 Å². The smallest absolute Gasteiger partial charge is 0.316 e. The van der Waals surface area contributed by atoms with Crippen LogP contribution in [0.1, 0.15) is 97.3 Å². The molecular weight excluding hydrogens is 352 g/mol. The first-order chi connectivity index (χ1) is 13.3. The fraction of sp³-hybridized carbons (Fsp3) is 0.708. The maximum absolute atomic E-state index is 12.1. The molecule has 0 heterocycles. The van der Waals surface area contributed by atoms with Gasteiger partial charge in [0.2, 0.25) is 0 Å². The van der Waals surface area contributed by atoms with Gasteiger partial charge < -0.3 is 4.74 Å². The van der Waals surface area contributed by atoms with E-state index in [4.69, 9.17) is 4.74 Å². The van der Waals surface area contributed by atoms with Crippen LogP contribution in [-0.2, 0) is 9.53 Å². The summed E-state index contributed by atoms with van der Waals surface area (Å²) in [5, 5.41) is 0. The van der Waals surface area contributed by atoms with Gasteiger partial charge in [0, 0.05) is 4.90 Å². The molecule has 154 valence electrons. The Morgan fingerprint density at radius 3 is 2.00 bits per heavy atom. The van der Waals surface area contributed by atoms with E-state index in [-0.39, 0.29) is 12.1 Å². The SMILES string of the molecule is CCCCCCCCCCCCC(CCC)OC(=O)CSc1ccccc1. The third-order valence-corrected chi connectivity index (χ3v) is 5.87. The summed E-state index contributed by atoms with van der Waals surface area (Å²) in [7, 11) is 0. The second kappa shape index (κ2) is 17.2. The summed E-state index contributed by atoms with van der Waals surface area (Å²) < 4.78 is 5.74. The molecule has 0 aliphatic carbocycles. The normalized spacial score (nSPS) is 12.1. The lowest BCUT2D eigenvalue weighted by atomic mass is 10.0. The molecule has 0 N–H and O–H groups in total. The van der Waals surface area contributed by atoms with E-state index < -0.39 is 0 Å². The van der Waals surface area contributed by atoms with Crippen molar-refractivity contribution >= 4 is 17.7 Å². The number of hydrogen-bond donors (Lipinski definition) is 0. The fourth-order valence-electron chi connectivity index (χ4n) is 3.32. The number of hydrogen-bond acceptors (Lipinski definition) is 3. The second-order valence-corrected chi connectivity index (χ2v) is 8.52. The molecule has 0 saturated carbocycles. The van der Waals surface area contributed by atoms with Crippen LogP contribution in [0.25, 0.3) is 0 Å². The zero-order valence-electron chi connectivity index (χ0n) is 17.6. The number of carbonyl (C=O) groups is 1. The Kier molecular flexibility index (Phi) is 15.3. The summed E-state index contributed by atoms with van der Waals surface area (Å²) in [5.41, 5.74) is 0. The molecule has 0 amide bonds. The van der Waals surface area contributed by atoms with Gasteiger partial charge in [-0.2, -0.15) is 0 Å². The third kappa shape index (κ3) is 13.8. The first kappa shape index (κ1) is 24.1. The number of ether oxygens (including phenoxy) is 1. The predicted molar refractivity (Wildman–Crippen MR) is 118 cm³/mol. The van der Waals surface area contributed by atoms with E-state index in [9.17, 15) is 4.79 Å². The van der Waals surface area contributed by atoms with Crippen LogP contribution in [0.3, 0.4) is 0 Å². The highest BCUT2D eigenvalue weighted by molar-refractivity contribution is 8.00. The molecule has 1 unspecified atom stereocenters. The van der Waals surface area contributed by atoms with Crippen molar-refractivity contribution in [3.8, 4) is 0 Å². The lowest BCUT2D eigenvalue weighted by Crippen LogP contribution is -2.19. The lowest BCUT2D eigenvalue weighted by molar-refractivity contribution is -0.146. The largest absolute Gasteiger partial charge is 0.462 e. The van der Waals surface area contributed by atoms with Gasteiger partial charge in [-0.25, -0.2) is 0 Å². The van der Waals surface area contributed by atoms with Crippen molar-refractivity contribution in [2.24, 2.45) is 0 Å². The van der Waals surface area contributed by atoms with Crippen molar-refractivity contribution in [2.45, 2.75) is 108 Å². The van der Waals surface area contributed by atoms with E-state index in [0.29, 0.717) is 5.75 Å². The first-order valence-corrected chi connectivity index (χ1v) is 12.1. The van der Waals surface area contributed by atoms with Crippen molar-refractivity contribution in [1.29, 1.82) is 0 Å². The van der Waals surface area contributed by atoms with Crippen LogP contribution < -0.4 is 0 Å². The van der Waals surface area contributed by atoms with E-state index >= 15 is 0 Å². The Labute approximate surface area is 171 Å². The van der Waals surface area contributed by atoms with Crippen LogP contribution in [0, 0.1) is 0 Å². The van der Waals surface area contributed by atoms with E-state index in [1.54, 1.807) is 11.8 Å². The summed E-state index contributed by atoms with van der Waals surface area (Å²) in [4.78, 5) is 13.3. The molecule has 1 aromatic rings. The number of rotatable bonds is 17. The highest BCUT2D eigenvalue weighted by Crippen LogP contribution is 2.19. The maximum atomic E-state index is 12.1. The highest BCUT2D eigenvalue weighted by atomic mass is 32.2. The topological polar surface area (TPSA) is 26.3 Å². The minimum atomic E-state index is -0.0746. The highest BCUT2D eigenvalue weighted by Gasteiger charge is 2.13. The molecule has 0 aromatic heterocycles. The van der Waals surface area contributed by atoms with Crippen molar-refractivity contribution in [3.63, 3.8) is 0 Å². The molecule has 0 aliphatic rings. The van der Waals surface area contributed by atoms with Crippen molar-refractivity contribution in [2.75, 3.05) is 5.75 Å². The maximum Gasteiger partial charge on any atom is 0.316 e. The lowest BCUT2D eigenvalue weighted by Gasteiger charge is -2.17. The van der Waals surface area contributed by atoms with Crippen molar-refractivity contribution in [1.82, 2.24) is 0 Å². The summed E-state index contributed by atoms with van der Waals surface area (Å²) in [5.74, 6) is 0.330. The Hall–Kier alpha value is -0.960. The molecule has 0 saturated heterocycles. The molecule has 1 atom stereocenters. The number of carbonyl (C=O) groups excluding carboxylic acids is 1. The van der Waals surface area contributed by atoms with Crippen LogP contribution in [0.2, 0.25) is 0 Å². The number of unbranched alkanes of at least 4 members (excludes halogenated alkanes) is 9. The summed E-state index contributed by atoms with van der Waals surface area (Å²) >= 11 is 1.56. The zero-order chi connectivity index (χ0) is 19.6. The Balaban J connectivity index is 2.08. The molecule has 1 rings (SSSR count). The molecule has 0 radical (unpaired) electrons. The zero-order valence-corrected chi connectivity index (χ0v) is 18.4. The molecule has 0 aliphatic heterocycles. The van der Waals surface area contributed by atoms with Gasteiger partial charge in [0.1, 0.15) is 6.10 Å². The van der Waals surface area contributed by atoms with Gasteiger partial charge in [-0.3, -0.25) is 4.79 Å². The second-order valence-electron chi connectivity index (χ2n) is 7.47. The van der Waals surface area contributed by atoms with Crippen LogP contribution in [0.5, 0.6) is 0 Å². The first-order valence-electron chi connectivity index (χ1n) is 11.1. The minimum Gasteiger partial charge on any atom is -0.462 e. The van der Waals surface area contributed by atoms with Crippen LogP contribution in [0.4, 0.5) is 0 Å². The van der Waals surface area contributed by atoms with Gasteiger partial charge in [0.15, 0.2) is 0 Å². The van der Waals surface area contributed by atoms with Crippen LogP contribution >= 0.6 is 11.8 Å². The van der Waals surface area contributed by atoms with Gasteiger partial charge in [-0.05, 0) is 31.4 Å². The average molecular weight is 393 g/mol. The number of thioether (sulfide) groups is 1. The van der Waals surface area contributed by atoms with Gasteiger partial charge in [-0.15, -0.1) is 11.8 Å². The van der Waals surface area contributed by atoms with Crippen LogP contribution in [-0.4, -0.2) is 17.8 Å². The van der Waals surface area contributed by atoms with Crippen LogP contribution in [0.15, 0.2) is 35.2 Å². The molecule has 3 heteroatoms. The molecule has 1 aromatic carbocycles. The standard InChI is InChI=1S/C24H40O2S/c1-3-5-6-7-8-9-10-11-12-14-18-22(17-4-2)26-24(25)21-27-23-19-15-13-16-20-23/h13,15-16,19-20,22H,3-12,14,17-18,21H2,1-2H3. The summed E-state index contributed by atoms with van der Waals surface area (Å²) in [6.45, 7) is 4.43. The van der Waals surface area contributed by atoms with Gasteiger partial charge >= 0.3 is 5.97 Å². The van der Waals surface area contributed by atoms with Crippen molar-refractivity contribution in [3.05, 3.63) is 30.3 Å². The Bertz CT molecular complexity index is 461. The number of benzene rings is 1. The Morgan fingerprint density at radius 2 is 1.41 bits per heavy atom. The number of esters is 1. The quantitative estimate of drug-likeness (QED) is 0.154. The monoisotopic (exact) mass is 392 g/mol. The average Bonchev–Trinajstić information content (AvgIpc) is 2.68. The Morgan fingerprint density at radius 1 is 0.815 bits per heavy atom.